The van der Waals surface area contributed by atoms with Crippen molar-refractivity contribution in [3.05, 3.63) is 60.7 Å². The molecule has 3 aromatic carbocycles. The van der Waals surface area contributed by atoms with Crippen LogP contribution in [-0.2, 0) is 19.5 Å². The number of hydrogen-bond donors (Lipinski definition) is 0. The molecule has 0 aliphatic heterocycles. The van der Waals surface area contributed by atoms with Gasteiger partial charge in [0, 0.05) is 0 Å². The van der Waals surface area contributed by atoms with E-state index in [1.54, 1.807) is 0 Å². The third-order valence-corrected chi connectivity index (χ3v) is 2.57. The molecular weight excluding hydrogens is 269 g/mol. The molecule has 0 atom stereocenters. The maximum atomic E-state index is 3.24. The first-order chi connectivity index (χ1) is 6.95. The Morgan fingerprint density at radius 1 is 0.733 bits per heavy atom. The molecule has 0 aliphatic rings. The van der Waals surface area contributed by atoms with Crippen LogP contribution in [0, 0.1) is 6.07 Å². The van der Waals surface area contributed by atoms with Crippen LogP contribution in [0.2, 0.25) is 0 Å². The minimum Gasteiger partial charge on any atom is -0.147 e. The Bertz CT molecular complexity index is 544. The van der Waals surface area contributed by atoms with E-state index in [0.717, 1.165) is 0 Å². The maximum Gasteiger partial charge on any atom is 1.00 e. The summed E-state index contributed by atoms with van der Waals surface area (Å²) in [5, 5.41) is 5.07. The van der Waals surface area contributed by atoms with Crippen molar-refractivity contribution in [1.29, 1.82) is 0 Å². The zero-order valence-corrected chi connectivity index (χ0v) is 9.79. The molecule has 15 heavy (non-hydrogen) atoms. The number of rotatable bonds is 0. The summed E-state index contributed by atoms with van der Waals surface area (Å²) in [6, 6.07) is 22.1. The van der Waals surface area contributed by atoms with E-state index in [2.05, 4.69) is 48.5 Å². The van der Waals surface area contributed by atoms with Crippen molar-refractivity contribution in [2.75, 3.05) is 0 Å². The first-order valence-electron chi connectivity index (χ1n) is 4.73. The molecule has 73 valence electrons. The number of hydrogen-bond acceptors (Lipinski definition) is 0. The maximum absolute atomic E-state index is 3.24. The predicted molar refractivity (Wildman–Crippen MR) is 60.3 cm³/mol. The van der Waals surface area contributed by atoms with Crippen molar-refractivity contribution in [1.82, 2.24) is 0 Å². The van der Waals surface area contributed by atoms with Crippen molar-refractivity contribution in [2.24, 2.45) is 0 Å². The van der Waals surface area contributed by atoms with E-state index in [-0.39, 0.29) is 19.5 Å². The van der Waals surface area contributed by atoms with Gasteiger partial charge in [0.15, 0.2) is 0 Å². The SMILES string of the molecule is [Ru+].[c-]1cccc2c1ccc1ccccc12. The van der Waals surface area contributed by atoms with Crippen LogP contribution in [0.5, 0.6) is 0 Å². The van der Waals surface area contributed by atoms with Gasteiger partial charge in [-0.15, -0.1) is 41.1 Å². The smallest absolute Gasteiger partial charge is 0.147 e. The van der Waals surface area contributed by atoms with Crippen LogP contribution < -0.4 is 0 Å². The molecule has 1 heteroatoms. The van der Waals surface area contributed by atoms with Gasteiger partial charge in [-0.1, -0.05) is 35.7 Å². The Kier molecular flexibility index (Phi) is 2.84. The van der Waals surface area contributed by atoms with Gasteiger partial charge in [0.1, 0.15) is 0 Å². The van der Waals surface area contributed by atoms with E-state index in [4.69, 9.17) is 0 Å². The average Bonchev–Trinajstić information content (AvgIpc) is 2.29. The Morgan fingerprint density at radius 3 is 2.47 bits per heavy atom. The van der Waals surface area contributed by atoms with Crippen LogP contribution in [-0.4, -0.2) is 0 Å². The molecule has 0 unspecified atom stereocenters. The zero-order chi connectivity index (χ0) is 9.38. The third kappa shape index (κ3) is 1.68. The van der Waals surface area contributed by atoms with Crippen LogP contribution >= 0.6 is 0 Å². The van der Waals surface area contributed by atoms with Gasteiger partial charge < -0.3 is 0 Å². The van der Waals surface area contributed by atoms with Gasteiger partial charge in [0.05, 0.1) is 0 Å². The van der Waals surface area contributed by atoms with E-state index in [0.29, 0.717) is 0 Å². The molecule has 0 amide bonds. The van der Waals surface area contributed by atoms with Crippen LogP contribution in [0.25, 0.3) is 21.5 Å². The molecule has 0 nitrogen and oxygen atoms in total. The van der Waals surface area contributed by atoms with Crippen molar-refractivity contribution in [3.8, 4) is 0 Å². The standard InChI is InChI=1S/C14H9.Ru/c1-3-7-13-11(5-1)9-10-12-6-2-4-8-14(12)13;/h1-5,7-10H;/q-1;+1. The molecule has 0 saturated heterocycles. The second-order valence-corrected chi connectivity index (χ2v) is 3.42. The van der Waals surface area contributed by atoms with Crippen LogP contribution in [0.4, 0.5) is 0 Å². The van der Waals surface area contributed by atoms with Gasteiger partial charge in [-0.3, -0.25) is 0 Å². The summed E-state index contributed by atoms with van der Waals surface area (Å²) in [5.41, 5.74) is 0. The summed E-state index contributed by atoms with van der Waals surface area (Å²) >= 11 is 0. The van der Waals surface area contributed by atoms with E-state index >= 15 is 0 Å². The van der Waals surface area contributed by atoms with Crippen molar-refractivity contribution >= 4 is 21.5 Å². The molecular formula is C14H9Ru. The van der Waals surface area contributed by atoms with Crippen molar-refractivity contribution < 1.29 is 19.5 Å². The second-order valence-electron chi connectivity index (χ2n) is 3.42. The molecule has 0 aromatic heterocycles. The largest absolute Gasteiger partial charge is 1.00 e. The van der Waals surface area contributed by atoms with E-state index in [1.165, 1.54) is 21.5 Å². The van der Waals surface area contributed by atoms with Crippen LogP contribution in [0.3, 0.4) is 0 Å². The topological polar surface area (TPSA) is 0 Å². The second kappa shape index (κ2) is 4.12. The molecule has 0 bridgehead atoms. The minimum atomic E-state index is 0. The Morgan fingerprint density at radius 2 is 1.53 bits per heavy atom. The molecule has 0 spiro atoms. The summed E-state index contributed by atoms with van der Waals surface area (Å²) in [5.74, 6) is 0. The van der Waals surface area contributed by atoms with Gasteiger partial charge >= 0.3 is 19.5 Å². The summed E-state index contributed by atoms with van der Waals surface area (Å²) in [6.07, 6.45) is 0. The molecule has 0 heterocycles. The predicted octanol–water partition coefficient (Wildman–Crippen LogP) is 3.79. The summed E-state index contributed by atoms with van der Waals surface area (Å²) in [4.78, 5) is 0. The zero-order valence-electron chi connectivity index (χ0n) is 8.05. The third-order valence-electron chi connectivity index (χ3n) is 2.57. The van der Waals surface area contributed by atoms with Gasteiger partial charge in [0.2, 0.25) is 0 Å². The van der Waals surface area contributed by atoms with E-state index in [1.807, 2.05) is 12.1 Å². The fourth-order valence-electron chi connectivity index (χ4n) is 1.88. The van der Waals surface area contributed by atoms with Crippen molar-refractivity contribution in [3.63, 3.8) is 0 Å². The van der Waals surface area contributed by atoms with Gasteiger partial charge in [0.25, 0.3) is 0 Å². The summed E-state index contributed by atoms with van der Waals surface area (Å²) < 4.78 is 0. The van der Waals surface area contributed by atoms with Crippen molar-refractivity contribution in [2.45, 2.75) is 0 Å². The number of fused-ring (bicyclic) bond motifs is 3. The molecule has 3 aromatic rings. The summed E-state index contributed by atoms with van der Waals surface area (Å²) in [6.45, 7) is 0. The molecule has 0 saturated carbocycles. The fourth-order valence-corrected chi connectivity index (χ4v) is 1.88. The first kappa shape index (κ1) is 10.3. The fraction of sp³-hybridized carbons (Fsp3) is 0. The Labute approximate surface area is 102 Å². The molecule has 0 fully saturated rings. The average molecular weight is 278 g/mol. The normalized spacial score (nSPS) is 10.1. The Balaban J connectivity index is 0.000000853. The minimum absolute atomic E-state index is 0. The van der Waals surface area contributed by atoms with Gasteiger partial charge in [-0.25, -0.2) is 0 Å². The first-order valence-corrected chi connectivity index (χ1v) is 4.73. The molecule has 0 N–H and O–H groups in total. The monoisotopic (exact) mass is 279 g/mol. The molecule has 1 radical (unpaired) electrons. The molecule has 0 aliphatic carbocycles. The molecule has 3 rings (SSSR count). The summed E-state index contributed by atoms with van der Waals surface area (Å²) in [7, 11) is 0. The van der Waals surface area contributed by atoms with E-state index in [9.17, 15) is 0 Å². The quantitative estimate of drug-likeness (QED) is 0.333. The van der Waals surface area contributed by atoms with Crippen LogP contribution in [0.15, 0.2) is 54.6 Å². The van der Waals surface area contributed by atoms with Gasteiger partial charge in [-0.2, -0.15) is 0 Å². The van der Waals surface area contributed by atoms with Crippen LogP contribution in [0.1, 0.15) is 0 Å². The van der Waals surface area contributed by atoms with Gasteiger partial charge in [-0.05, 0) is 5.39 Å². The van der Waals surface area contributed by atoms with E-state index < -0.39 is 0 Å². The number of benzene rings is 3. The Hall–Kier alpha value is -1.20.